The van der Waals surface area contributed by atoms with Crippen LogP contribution in [0.4, 0.5) is 0 Å². The van der Waals surface area contributed by atoms with E-state index in [2.05, 4.69) is 19.2 Å². The van der Waals surface area contributed by atoms with Gasteiger partial charge in [0.15, 0.2) is 0 Å². The van der Waals surface area contributed by atoms with E-state index in [1.165, 1.54) is 12.8 Å². The van der Waals surface area contributed by atoms with Gasteiger partial charge in [-0.1, -0.05) is 40.5 Å². The van der Waals surface area contributed by atoms with Crippen molar-refractivity contribution in [3.8, 4) is 0 Å². The monoisotopic (exact) mass is 226 g/mol. The summed E-state index contributed by atoms with van der Waals surface area (Å²) in [4.78, 5) is 11.9. The van der Waals surface area contributed by atoms with Crippen molar-refractivity contribution in [3.63, 3.8) is 0 Å². The third kappa shape index (κ3) is 3.21. The molecule has 0 spiro atoms. The summed E-state index contributed by atoms with van der Waals surface area (Å²) < 4.78 is 0. The number of amides is 1. The predicted octanol–water partition coefficient (Wildman–Crippen LogP) is 1.91. The highest BCUT2D eigenvalue weighted by molar-refractivity contribution is 5.82. The molecule has 3 N–H and O–H groups in total. The van der Waals surface area contributed by atoms with E-state index in [4.69, 9.17) is 5.73 Å². The van der Waals surface area contributed by atoms with Gasteiger partial charge in [0.25, 0.3) is 0 Å². The highest BCUT2D eigenvalue weighted by Gasteiger charge is 2.29. The highest BCUT2D eigenvalue weighted by atomic mass is 16.2. The molecule has 0 aromatic carbocycles. The van der Waals surface area contributed by atoms with Gasteiger partial charge in [0, 0.05) is 6.04 Å². The van der Waals surface area contributed by atoms with E-state index in [1.807, 2.05) is 13.8 Å². The Hall–Kier alpha value is -0.570. The van der Waals surface area contributed by atoms with Crippen LogP contribution in [0, 0.1) is 17.8 Å². The SMILES string of the molecule is CC1CCCC(NC(=O)[C@@H](N)C(C)C)C1C. The summed E-state index contributed by atoms with van der Waals surface area (Å²) in [5.41, 5.74) is 5.85. The summed E-state index contributed by atoms with van der Waals surface area (Å²) in [5.74, 6) is 1.49. The van der Waals surface area contributed by atoms with E-state index < -0.39 is 0 Å². The summed E-state index contributed by atoms with van der Waals surface area (Å²) in [6.45, 7) is 8.47. The fraction of sp³-hybridized carbons (Fsp3) is 0.923. The molecule has 1 amide bonds. The molecule has 0 heterocycles. The summed E-state index contributed by atoms with van der Waals surface area (Å²) in [5, 5.41) is 3.12. The quantitative estimate of drug-likeness (QED) is 0.772. The average molecular weight is 226 g/mol. The Bertz CT molecular complexity index is 240. The third-order valence-electron chi connectivity index (χ3n) is 4.06. The van der Waals surface area contributed by atoms with Crippen molar-refractivity contribution in [2.24, 2.45) is 23.5 Å². The molecule has 0 radical (unpaired) electrons. The van der Waals surface area contributed by atoms with Crippen LogP contribution in [-0.2, 0) is 4.79 Å². The summed E-state index contributed by atoms with van der Waals surface area (Å²) in [7, 11) is 0. The van der Waals surface area contributed by atoms with Gasteiger partial charge in [0.05, 0.1) is 6.04 Å². The zero-order valence-corrected chi connectivity index (χ0v) is 11.0. The van der Waals surface area contributed by atoms with Gasteiger partial charge in [-0.05, 0) is 24.2 Å². The van der Waals surface area contributed by atoms with E-state index >= 15 is 0 Å². The van der Waals surface area contributed by atoms with Gasteiger partial charge in [-0.15, -0.1) is 0 Å². The van der Waals surface area contributed by atoms with Gasteiger partial charge in [0.1, 0.15) is 0 Å². The molecule has 3 unspecified atom stereocenters. The summed E-state index contributed by atoms with van der Waals surface area (Å²) in [6.07, 6.45) is 3.60. The van der Waals surface area contributed by atoms with Crippen LogP contribution in [0.25, 0.3) is 0 Å². The van der Waals surface area contributed by atoms with Crippen LogP contribution < -0.4 is 11.1 Å². The van der Waals surface area contributed by atoms with Gasteiger partial charge < -0.3 is 11.1 Å². The highest BCUT2D eigenvalue weighted by Crippen LogP contribution is 2.29. The largest absolute Gasteiger partial charge is 0.352 e. The van der Waals surface area contributed by atoms with Crippen molar-refractivity contribution in [2.45, 2.75) is 59.0 Å². The van der Waals surface area contributed by atoms with E-state index in [-0.39, 0.29) is 17.9 Å². The Morgan fingerprint density at radius 2 is 1.94 bits per heavy atom. The lowest BCUT2D eigenvalue weighted by Gasteiger charge is -2.35. The van der Waals surface area contributed by atoms with Gasteiger partial charge >= 0.3 is 0 Å². The number of nitrogens with two attached hydrogens (primary N) is 1. The molecule has 0 aromatic rings. The first-order valence-corrected chi connectivity index (χ1v) is 6.49. The fourth-order valence-corrected chi connectivity index (χ4v) is 2.37. The van der Waals surface area contributed by atoms with E-state index in [0.717, 1.165) is 6.42 Å². The van der Waals surface area contributed by atoms with Gasteiger partial charge in [-0.3, -0.25) is 4.79 Å². The Kier molecular flexibility index (Phi) is 4.78. The first kappa shape index (κ1) is 13.5. The molecule has 1 aliphatic rings. The zero-order valence-electron chi connectivity index (χ0n) is 11.0. The van der Waals surface area contributed by atoms with Crippen molar-refractivity contribution in [1.29, 1.82) is 0 Å². The Morgan fingerprint density at radius 1 is 1.31 bits per heavy atom. The van der Waals surface area contributed by atoms with Crippen LogP contribution in [0.15, 0.2) is 0 Å². The maximum atomic E-state index is 11.9. The van der Waals surface area contributed by atoms with Gasteiger partial charge in [-0.2, -0.15) is 0 Å². The third-order valence-corrected chi connectivity index (χ3v) is 4.06. The minimum atomic E-state index is -0.371. The molecule has 0 saturated heterocycles. The maximum absolute atomic E-state index is 11.9. The maximum Gasteiger partial charge on any atom is 0.237 e. The van der Waals surface area contributed by atoms with E-state index in [1.54, 1.807) is 0 Å². The minimum Gasteiger partial charge on any atom is -0.352 e. The molecule has 94 valence electrons. The first-order chi connectivity index (χ1) is 7.43. The molecular formula is C13H26N2O. The van der Waals surface area contributed by atoms with Crippen LogP contribution in [0.3, 0.4) is 0 Å². The molecule has 16 heavy (non-hydrogen) atoms. The average Bonchev–Trinajstić information content (AvgIpc) is 2.23. The molecule has 1 fully saturated rings. The summed E-state index contributed by atoms with van der Waals surface area (Å²) in [6, 6.07) is -0.0505. The number of hydrogen-bond donors (Lipinski definition) is 2. The zero-order chi connectivity index (χ0) is 12.3. The Labute approximate surface area is 99.2 Å². The van der Waals surface area contributed by atoms with Crippen molar-refractivity contribution >= 4 is 5.91 Å². The number of carbonyl (C=O) groups excluding carboxylic acids is 1. The topological polar surface area (TPSA) is 55.1 Å². The molecule has 3 heteroatoms. The Balaban J connectivity index is 2.50. The van der Waals surface area contributed by atoms with Crippen molar-refractivity contribution < 1.29 is 4.79 Å². The van der Waals surface area contributed by atoms with Crippen LogP contribution >= 0.6 is 0 Å². The van der Waals surface area contributed by atoms with Crippen LogP contribution in [0.1, 0.15) is 47.0 Å². The van der Waals surface area contributed by atoms with E-state index in [9.17, 15) is 4.79 Å². The second-order valence-electron chi connectivity index (χ2n) is 5.65. The van der Waals surface area contributed by atoms with Crippen molar-refractivity contribution in [3.05, 3.63) is 0 Å². The second-order valence-corrected chi connectivity index (χ2v) is 5.65. The lowest BCUT2D eigenvalue weighted by atomic mass is 9.78. The van der Waals surface area contributed by atoms with Gasteiger partial charge in [-0.25, -0.2) is 0 Å². The normalized spacial score (nSPS) is 32.5. The smallest absolute Gasteiger partial charge is 0.237 e. The standard InChI is InChI=1S/C13H26N2O/c1-8(2)12(14)13(16)15-11-7-5-6-9(3)10(11)4/h8-12H,5-7,14H2,1-4H3,(H,15,16)/t9?,10?,11?,12-/m0/s1. The number of nitrogens with one attached hydrogen (secondary N) is 1. The minimum absolute atomic E-state index is 0.0148. The molecular weight excluding hydrogens is 200 g/mol. The molecule has 1 rings (SSSR count). The molecule has 1 saturated carbocycles. The second kappa shape index (κ2) is 5.67. The molecule has 3 nitrogen and oxygen atoms in total. The predicted molar refractivity (Wildman–Crippen MR) is 66.9 cm³/mol. The Morgan fingerprint density at radius 3 is 2.50 bits per heavy atom. The van der Waals surface area contributed by atoms with Crippen LogP contribution in [0.5, 0.6) is 0 Å². The molecule has 0 aliphatic heterocycles. The van der Waals surface area contributed by atoms with Crippen LogP contribution in [0.2, 0.25) is 0 Å². The lowest BCUT2D eigenvalue weighted by Crippen LogP contribution is -2.51. The molecule has 0 bridgehead atoms. The first-order valence-electron chi connectivity index (χ1n) is 6.49. The molecule has 0 aromatic heterocycles. The van der Waals surface area contributed by atoms with Crippen molar-refractivity contribution in [1.82, 2.24) is 5.32 Å². The number of rotatable bonds is 3. The van der Waals surface area contributed by atoms with Gasteiger partial charge in [0.2, 0.25) is 5.91 Å². The number of carbonyl (C=O) groups is 1. The molecule has 1 aliphatic carbocycles. The lowest BCUT2D eigenvalue weighted by molar-refractivity contribution is -0.124. The fourth-order valence-electron chi connectivity index (χ4n) is 2.37. The van der Waals surface area contributed by atoms with Crippen molar-refractivity contribution in [2.75, 3.05) is 0 Å². The molecule has 4 atom stereocenters. The van der Waals surface area contributed by atoms with E-state index in [0.29, 0.717) is 17.9 Å². The number of hydrogen-bond acceptors (Lipinski definition) is 2. The van der Waals surface area contributed by atoms with Crippen LogP contribution in [-0.4, -0.2) is 18.0 Å². The summed E-state index contributed by atoms with van der Waals surface area (Å²) >= 11 is 0.